The average molecular weight is 294 g/mol. The molecule has 0 bridgehead atoms. The van der Waals surface area contributed by atoms with E-state index in [2.05, 4.69) is 10.6 Å². The summed E-state index contributed by atoms with van der Waals surface area (Å²) in [5.74, 6) is 1.33. The standard InChI is InChI=1S/C15H22N2O4/c1-19-12-4-3-11(9-13(12)20-2)5-6-17-15(18)14-10-16-7-8-21-14/h3-4,9,14,16H,5-8,10H2,1-2H3,(H,17,18). The zero-order chi connectivity index (χ0) is 15.1. The van der Waals surface area contributed by atoms with Crippen molar-refractivity contribution in [1.29, 1.82) is 0 Å². The Bertz CT molecular complexity index is 473. The first-order chi connectivity index (χ1) is 10.2. The molecule has 0 spiro atoms. The Morgan fingerprint density at radius 3 is 2.86 bits per heavy atom. The zero-order valence-electron chi connectivity index (χ0n) is 12.5. The van der Waals surface area contributed by atoms with E-state index in [9.17, 15) is 4.79 Å². The number of carbonyl (C=O) groups excluding carboxylic acids is 1. The van der Waals surface area contributed by atoms with Gasteiger partial charge in [0.2, 0.25) is 5.91 Å². The highest BCUT2D eigenvalue weighted by molar-refractivity contribution is 5.81. The Balaban J connectivity index is 1.81. The molecule has 116 valence electrons. The minimum absolute atomic E-state index is 0.0670. The predicted molar refractivity (Wildman–Crippen MR) is 78.9 cm³/mol. The van der Waals surface area contributed by atoms with Gasteiger partial charge >= 0.3 is 0 Å². The fourth-order valence-electron chi connectivity index (χ4n) is 2.21. The van der Waals surface area contributed by atoms with Crippen LogP contribution in [0.25, 0.3) is 0 Å². The molecular formula is C15H22N2O4. The maximum Gasteiger partial charge on any atom is 0.250 e. The molecule has 6 nitrogen and oxygen atoms in total. The second-order valence-corrected chi connectivity index (χ2v) is 4.79. The zero-order valence-corrected chi connectivity index (χ0v) is 12.5. The summed E-state index contributed by atoms with van der Waals surface area (Å²) in [7, 11) is 3.22. The monoisotopic (exact) mass is 294 g/mol. The Morgan fingerprint density at radius 1 is 1.38 bits per heavy atom. The fourth-order valence-corrected chi connectivity index (χ4v) is 2.21. The minimum Gasteiger partial charge on any atom is -0.493 e. The van der Waals surface area contributed by atoms with Crippen LogP contribution in [-0.2, 0) is 16.0 Å². The molecule has 1 amide bonds. The van der Waals surface area contributed by atoms with Crippen molar-refractivity contribution in [3.63, 3.8) is 0 Å². The van der Waals surface area contributed by atoms with Crippen LogP contribution in [0.15, 0.2) is 18.2 Å². The van der Waals surface area contributed by atoms with Crippen molar-refractivity contribution < 1.29 is 19.0 Å². The van der Waals surface area contributed by atoms with E-state index in [-0.39, 0.29) is 12.0 Å². The van der Waals surface area contributed by atoms with Gasteiger partial charge in [-0.3, -0.25) is 4.79 Å². The molecule has 2 N–H and O–H groups in total. The first-order valence-corrected chi connectivity index (χ1v) is 7.05. The van der Waals surface area contributed by atoms with Gasteiger partial charge in [-0.05, 0) is 24.1 Å². The molecule has 2 rings (SSSR count). The Labute approximate surface area is 124 Å². The second kappa shape index (κ2) is 7.85. The highest BCUT2D eigenvalue weighted by Crippen LogP contribution is 2.27. The number of amides is 1. The molecule has 1 aromatic carbocycles. The van der Waals surface area contributed by atoms with Gasteiger partial charge in [0.15, 0.2) is 11.5 Å². The fraction of sp³-hybridized carbons (Fsp3) is 0.533. The molecule has 1 aliphatic heterocycles. The Kier molecular flexibility index (Phi) is 5.83. The SMILES string of the molecule is COc1ccc(CCNC(=O)C2CNCCO2)cc1OC. The Hall–Kier alpha value is -1.79. The topological polar surface area (TPSA) is 68.8 Å². The molecule has 0 radical (unpaired) electrons. The highest BCUT2D eigenvalue weighted by atomic mass is 16.5. The maximum atomic E-state index is 11.9. The van der Waals surface area contributed by atoms with Gasteiger partial charge in [0.05, 0.1) is 20.8 Å². The van der Waals surface area contributed by atoms with Gasteiger partial charge in [-0.1, -0.05) is 6.07 Å². The molecular weight excluding hydrogens is 272 g/mol. The van der Waals surface area contributed by atoms with Crippen LogP contribution in [0.3, 0.4) is 0 Å². The smallest absolute Gasteiger partial charge is 0.250 e. The number of carbonyl (C=O) groups is 1. The van der Waals surface area contributed by atoms with Crippen LogP contribution < -0.4 is 20.1 Å². The molecule has 1 atom stereocenters. The first kappa shape index (κ1) is 15.6. The van der Waals surface area contributed by atoms with Crippen LogP contribution in [0.2, 0.25) is 0 Å². The van der Waals surface area contributed by atoms with E-state index in [0.717, 1.165) is 18.5 Å². The summed E-state index contributed by atoms with van der Waals surface area (Å²) in [6.45, 7) is 2.51. The van der Waals surface area contributed by atoms with Gasteiger partial charge < -0.3 is 24.8 Å². The van der Waals surface area contributed by atoms with Crippen molar-refractivity contribution in [2.45, 2.75) is 12.5 Å². The van der Waals surface area contributed by atoms with Gasteiger partial charge in [0.1, 0.15) is 6.10 Å². The normalized spacial score (nSPS) is 18.1. The van der Waals surface area contributed by atoms with Gasteiger partial charge in [-0.2, -0.15) is 0 Å². The third-order valence-corrected chi connectivity index (χ3v) is 3.38. The largest absolute Gasteiger partial charge is 0.493 e. The average Bonchev–Trinajstić information content (AvgIpc) is 2.55. The number of hydrogen-bond acceptors (Lipinski definition) is 5. The quantitative estimate of drug-likeness (QED) is 0.792. The van der Waals surface area contributed by atoms with Crippen molar-refractivity contribution in [3.05, 3.63) is 23.8 Å². The number of hydrogen-bond donors (Lipinski definition) is 2. The van der Waals surface area contributed by atoms with Crippen molar-refractivity contribution in [2.75, 3.05) is 40.5 Å². The van der Waals surface area contributed by atoms with E-state index in [1.165, 1.54) is 0 Å². The molecule has 1 aliphatic rings. The van der Waals surface area contributed by atoms with E-state index in [4.69, 9.17) is 14.2 Å². The molecule has 6 heteroatoms. The summed E-state index contributed by atoms with van der Waals surface area (Å²) in [5.41, 5.74) is 1.08. The van der Waals surface area contributed by atoms with Crippen molar-refractivity contribution >= 4 is 5.91 Å². The summed E-state index contributed by atoms with van der Waals surface area (Å²) < 4.78 is 15.9. The second-order valence-electron chi connectivity index (χ2n) is 4.79. The molecule has 0 aliphatic carbocycles. The van der Waals surface area contributed by atoms with Crippen LogP contribution in [0.1, 0.15) is 5.56 Å². The van der Waals surface area contributed by atoms with E-state index in [0.29, 0.717) is 31.2 Å². The third-order valence-electron chi connectivity index (χ3n) is 3.38. The molecule has 1 saturated heterocycles. The van der Waals surface area contributed by atoms with Crippen molar-refractivity contribution in [1.82, 2.24) is 10.6 Å². The number of benzene rings is 1. The summed E-state index contributed by atoms with van der Waals surface area (Å²) >= 11 is 0. The third kappa shape index (κ3) is 4.34. The van der Waals surface area contributed by atoms with Gasteiger partial charge in [-0.15, -0.1) is 0 Å². The lowest BCUT2D eigenvalue weighted by atomic mass is 10.1. The van der Waals surface area contributed by atoms with E-state index >= 15 is 0 Å². The van der Waals surface area contributed by atoms with Crippen LogP contribution in [-0.4, -0.2) is 52.5 Å². The van der Waals surface area contributed by atoms with Gasteiger partial charge in [0, 0.05) is 19.6 Å². The van der Waals surface area contributed by atoms with Crippen molar-refractivity contribution in [3.8, 4) is 11.5 Å². The lowest BCUT2D eigenvalue weighted by molar-refractivity contribution is -0.134. The molecule has 21 heavy (non-hydrogen) atoms. The molecule has 1 unspecified atom stereocenters. The summed E-state index contributed by atoms with van der Waals surface area (Å²) in [5, 5.41) is 6.03. The van der Waals surface area contributed by atoms with Crippen LogP contribution >= 0.6 is 0 Å². The summed E-state index contributed by atoms with van der Waals surface area (Å²) in [4.78, 5) is 11.9. The van der Waals surface area contributed by atoms with Gasteiger partial charge in [0.25, 0.3) is 0 Å². The molecule has 1 heterocycles. The van der Waals surface area contributed by atoms with E-state index in [1.54, 1.807) is 14.2 Å². The van der Waals surface area contributed by atoms with Crippen LogP contribution in [0.5, 0.6) is 11.5 Å². The maximum absolute atomic E-state index is 11.9. The predicted octanol–water partition coefficient (Wildman–Crippen LogP) is 0.351. The molecule has 0 saturated carbocycles. The minimum atomic E-state index is -0.385. The number of morpholine rings is 1. The molecule has 1 fully saturated rings. The lowest BCUT2D eigenvalue weighted by Gasteiger charge is -2.22. The summed E-state index contributed by atoms with van der Waals surface area (Å²) in [6, 6.07) is 5.75. The number of methoxy groups -OCH3 is 2. The number of rotatable bonds is 6. The van der Waals surface area contributed by atoms with Crippen molar-refractivity contribution in [2.24, 2.45) is 0 Å². The number of nitrogens with one attached hydrogen (secondary N) is 2. The van der Waals surface area contributed by atoms with E-state index in [1.807, 2.05) is 18.2 Å². The summed E-state index contributed by atoms with van der Waals surface area (Å²) in [6.07, 6.45) is 0.343. The first-order valence-electron chi connectivity index (χ1n) is 7.05. The molecule has 0 aromatic heterocycles. The highest BCUT2D eigenvalue weighted by Gasteiger charge is 2.20. The van der Waals surface area contributed by atoms with Gasteiger partial charge in [-0.25, -0.2) is 0 Å². The van der Waals surface area contributed by atoms with E-state index < -0.39 is 0 Å². The number of ether oxygens (including phenoxy) is 3. The van der Waals surface area contributed by atoms with Crippen LogP contribution in [0.4, 0.5) is 0 Å². The molecule has 1 aromatic rings. The van der Waals surface area contributed by atoms with Crippen LogP contribution in [0, 0.1) is 0 Å². The Morgan fingerprint density at radius 2 is 2.19 bits per heavy atom. The lowest BCUT2D eigenvalue weighted by Crippen LogP contribution is -2.48.